The molecule has 0 aliphatic rings. The van der Waals surface area contributed by atoms with E-state index in [-0.39, 0.29) is 0 Å². The first-order chi connectivity index (χ1) is 12.8. The van der Waals surface area contributed by atoms with Crippen LogP contribution in [0.5, 0.6) is 0 Å². The van der Waals surface area contributed by atoms with Gasteiger partial charge in [-0.05, 0) is 35.4 Å². The lowest BCUT2D eigenvalue weighted by Crippen LogP contribution is -1.91. The summed E-state index contributed by atoms with van der Waals surface area (Å²) in [5, 5.41) is 9.02. The Balaban J connectivity index is 1.89. The normalized spacial score (nSPS) is 10.3. The van der Waals surface area contributed by atoms with E-state index in [0.717, 1.165) is 33.6 Å². The standard InChI is InChI=1S/C24H16N2/c25-17-18-11-13-21(14-12-18)24-16-22(19-7-3-1-4-8-19)15-23(26-24)20-9-5-2-6-10-20/h1-16H. The van der Waals surface area contributed by atoms with Gasteiger partial charge in [0.05, 0.1) is 23.0 Å². The van der Waals surface area contributed by atoms with Crippen molar-refractivity contribution in [3.63, 3.8) is 0 Å². The van der Waals surface area contributed by atoms with E-state index in [1.807, 2.05) is 60.7 Å². The van der Waals surface area contributed by atoms with Gasteiger partial charge in [0.15, 0.2) is 0 Å². The zero-order chi connectivity index (χ0) is 17.8. The minimum atomic E-state index is 0.649. The van der Waals surface area contributed by atoms with Gasteiger partial charge >= 0.3 is 0 Å². The summed E-state index contributed by atoms with van der Waals surface area (Å²) >= 11 is 0. The van der Waals surface area contributed by atoms with Crippen LogP contribution >= 0.6 is 0 Å². The predicted octanol–water partition coefficient (Wildman–Crippen LogP) is 5.95. The minimum Gasteiger partial charge on any atom is -0.248 e. The molecule has 0 spiro atoms. The molecule has 0 atom stereocenters. The third-order valence-corrected chi connectivity index (χ3v) is 4.31. The van der Waals surface area contributed by atoms with Crippen molar-refractivity contribution in [1.29, 1.82) is 5.26 Å². The monoisotopic (exact) mass is 332 g/mol. The van der Waals surface area contributed by atoms with E-state index < -0.39 is 0 Å². The van der Waals surface area contributed by atoms with Crippen LogP contribution in [0.2, 0.25) is 0 Å². The summed E-state index contributed by atoms with van der Waals surface area (Å²) < 4.78 is 0. The highest BCUT2D eigenvalue weighted by atomic mass is 14.7. The molecule has 0 N–H and O–H groups in total. The molecular formula is C24H16N2. The predicted molar refractivity (Wildman–Crippen MR) is 105 cm³/mol. The van der Waals surface area contributed by atoms with Crippen LogP contribution in [0.15, 0.2) is 97.1 Å². The van der Waals surface area contributed by atoms with Crippen molar-refractivity contribution in [3.8, 4) is 39.7 Å². The minimum absolute atomic E-state index is 0.649. The van der Waals surface area contributed by atoms with Crippen molar-refractivity contribution in [3.05, 3.63) is 103 Å². The summed E-state index contributed by atoms with van der Waals surface area (Å²) in [5.41, 5.74) is 6.84. The van der Waals surface area contributed by atoms with E-state index in [4.69, 9.17) is 10.2 Å². The van der Waals surface area contributed by atoms with E-state index in [9.17, 15) is 0 Å². The van der Waals surface area contributed by atoms with Gasteiger partial charge in [0, 0.05) is 11.1 Å². The summed E-state index contributed by atoms with van der Waals surface area (Å²) in [6, 6.07) is 34.4. The SMILES string of the molecule is N#Cc1ccc(-c2cc(-c3ccccc3)cc(-c3ccccc3)n2)cc1. The van der Waals surface area contributed by atoms with Gasteiger partial charge in [0.25, 0.3) is 0 Å². The molecule has 0 aliphatic heterocycles. The second-order valence-electron chi connectivity index (χ2n) is 6.05. The maximum Gasteiger partial charge on any atom is 0.0991 e. The summed E-state index contributed by atoms with van der Waals surface area (Å²) in [6.07, 6.45) is 0. The number of aromatic nitrogens is 1. The second kappa shape index (κ2) is 7.04. The molecule has 0 fully saturated rings. The van der Waals surface area contributed by atoms with E-state index in [0.29, 0.717) is 5.56 Å². The average molecular weight is 332 g/mol. The summed E-state index contributed by atoms with van der Waals surface area (Å²) in [4.78, 5) is 4.87. The van der Waals surface area contributed by atoms with E-state index in [1.54, 1.807) is 0 Å². The highest BCUT2D eigenvalue weighted by molar-refractivity contribution is 5.76. The molecule has 0 saturated carbocycles. The number of hydrogen-bond donors (Lipinski definition) is 0. The lowest BCUT2D eigenvalue weighted by Gasteiger charge is -2.10. The molecule has 122 valence electrons. The Bertz CT molecular complexity index is 1000. The zero-order valence-corrected chi connectivity index (χ0v) is 14.1. The van der Waals surface area contributed by atoms with Gasteiger partial charge in [0.2, 0.25) is 0 Å². The van der Waals surface area contributed by atoms with Crippen LogP contribution in [0.3, 0.4) is 0 Å². The van der Waals surface area contributed by atoms with Gasteiger partial charge in [-0.25, -0.2) is 4.98 Å². The molecular weight excluding hydrogens is 316 g/mol. The number of pyridine rings is 1. The molecule has 0 bridgehead atoms. The first kappa shape index (κ1) is 15.8. The van der Waals surface area contributed by atoms with Gasteiger partial charge in [-0.1, -0.05) is 72.8 Å². The summed E-state index contributed by atoms with van der Waals surface area (Å²) in [7, 11) is 0. The Kier molecular flexibility index (Phi) is 4.28. The molecule has 0 saturated heterocycles. The molecule has 1 heterocycles. The highest BCUT2D eigenvalue weighted by Gasteiger charge is 2.08. The van der Waals surface area contributed by atoms with E-state index >= 15 is 0 Å². The second-order valence-corrected chi connectivity index (χ2v) is 6.05. The Morgan fingerprint density at radius 1 is 0.538 bits per heavy atom. The Morgan fingerprint density at radius 3 is 1.58 bits per heavy atom. The van der Waals surface area contributed by atoms with Crippen LogP contribution in [0.25, 0.3) is 33.6 Å². The van der Waals surface area contributed by atoms with Gasteiger partial charge in [-0.3, -0.25) is 0 Å². The van der Waals surface area contributed by atoms with Crippen molar-refractivity contribution in [2.45, 2.75) is 0 Å². The number of hydrogen-bond acceptors (Lipinski definition) is 2. The molecule has 3 aromatic carbocycles. The maximum atomic E-state index is 9.02. The third-order valence-electron chi connectivity index (χ3n) is 4.31. The zero-order valence-electron chi connectivity index (χ0n) is 14.1. The van der Waals surface area contributed by atoms with E-state index in [1.165, 1.54) is 0 Å². The average Bonchev–Trinajstić information content (AvgIpc) is 2.75. The fraction of sp³-hybridized carbons (Fsp3) is 0. The molecule has 0 amide bonds. The largest absolute Gasteiger partial charge is 0.248 e. The molecule has 0 radical (unpaired) electrons. The lowest BCUT2D eigenvalue weighted by atomic mass is 10.00. The molecule has 0 unspecified atom stereocenters. The molecule has 4 rings (SSSR count). The fourth-order valence-corrected chi connectivity index (χ4v) is 2.95. The molecule has 2 heteroatoms. The molecule has 1 aromatic heterocycles. The lowest BCUT2D eigenvalue weighted by molar-refractivity contribution is 1.32. The summed E-state index contributed by atoms with van der Waals surface area (Å²) in [5.74, 6) is 0. The smallest absolute Gasteiger partial charge is 0.0991 e. The first-order valence-electron chi connectivity index (χ1n) is 8.47. The Morgan fingerprint density at radius 2 is 1.04 bits per heavy atom. The summed E-state index contributed by atoms with van der Waals surface area (Å²) in [6.45, 7) is 0. The van der Waals surface area contributed by atoms with Crippen LogP contribution in [-0.2, 0) is 0 Å². The molecule has 0 aliphatic carbocycles. The van der Waals surface area contributed by atoms with Crippen molar-refractivity contribution in [2.24, 2.45) is 0 Å². The van der Waals surface area contributed by atoms with Crippen LogP contribution in [0, 0.1) is 11.3 Å². The van der Waals surface area contributed by atoms with Gasteiger partial charge < -0.3 is 0 Å². The molecule has 2 nitrogen and oxygen atoms in total. The van der Waals surface area contributed by atoms with Crippen molar-refractivity contribution in [1.82, 2.24) is 4.98 Å². The highest BCUT2D eigenvalue weighted by Crippen LogP contribution is 2.30. The van der Waals surface area contributed by atoms with Gasteiger partial charge in [0.1, 0.15) is 0 Å². The topological polar surface area (TPSA) is 36.7 Å². The number of nitriles is 1. The number of rotatable bonds is 3. The Labute approximate surface area is 153 Å². The quantitative estimate of drug-likeness (QED) is 0.464. The van der Waals surface area contributed by atoms with Crippen molar-refractivity contribution >= 4 is 0 Å². The van der Waals surface area contributed by atoms with Gasteiger partial charge in [-0.2, -0.15) is 5.26 Å². The Hall–Kier alpha value is -3.70. The van der Waals surface area contributed by atoms with Crippen LogP contribution in [-0.4, -0.2) is 4.98 Å². The van der Waals surface area contributed by atoms with Crippen LogP contribution in [0.1, 0.15) is 5.56 Å². The van der Waals surface area contributed by atoms with Crippen molar-refractivity contribution in [2.75, 3.05) is 0 Å². The van der Waals surface area contributed by atoms with Gasteiger partial charge in [-0.15, -0.1) is 0 Å². The van der Waals surface area contributed by atoms with Crippen LogP contribution in [0.4, 0.5) is 0 Å². The first-order valence-corrected chi connectivity index (χ1v) is 8.47. The van der Waals surface area contributed by atoms with Crippen molar-refractivity contribution < 1.29 is 0 Å². The third kappa shape index (κ3) is 3.24. The number of nitrogens with zero attached hydrogens (tertiary/aromatic N) is 2. The maximum absolute atomic E-state index is 9.02. The van der Waals surface area contributed by atoms with Crippen LogP contribution < -0.4 is 0 Å². The molecule has 4 aromatic rings. The fourth-order valence-electron chi connectivity index (χ4n) is 2.95. The molecule has 26 heavy (non-hydrogen) atoms. The number of benzene rings is 3. The van der Waals surface area contributed by atoms with E-state index in [2.05, 4.69) is 42.5 Å².